The Bertz CT molecular complexity index is 1060. The molecule has 27 heavy (non-hydrogen) atoms. The Morgan fingerprint density at radius 3 is 2.93 bits per heavy atom. The van der Waals surface area contributed by atoms with Crippen LogP contribution in [-0.4, -0.2) is 33.9 Å². The van der Waals surface area contributed by atoms with Gasteiger partial charge in [-0.25, -0.2) is 5.43 Å². The first kappa shape index (κ1) is 16.0. The van der Waals surface area contributed by atoms with E-state index in [1.54, 1.807) is 6.20 Å². The standard InChI is InChI=1S/C21H19N5O/c27-21-16-4-1-6-20(26-12-3-11-23-26)17(16)14-25(21)13-9-15-7-8-18-19(24-15)5-2-10-22-18/h1-8,10,12,23H,9,11,13-14H2. The van der Waals surface area contributed by atoms with Crippen molar-refractivity contribution in [2.75, 3.05) is 18.1 Å². The molecule has 0 bridgehead atoms. The number of amides is 1. The average Bonchev–Trinajstić information content (AvgIpc) is 3.35. The first-order valence-electron chi connectivity index (χ1n) is 9.11. The second-order valence-corrected chi connectivity index (χ2v) is 6.74. The third-order valence-corrected chi connectivity index (χ3v) is 5.06. The van der Waals surface area contributed by atoms with Gasteiger partial charge in [-0.05, 0) is 36.4 Å². The van der Waals surface area contributed by atoms with E-state index in [0.29, 0.717) is 13.1 Å². The molecule has 2 aliphatic rings. The summed E-state index contributed by atoms with van der Waals surface area (Å²) in [5.74, 6) is 0.0949. The number of hydrogen-bond donors (Lipinski definition) is 1. The molecule has 0 unspecified atom stereocenters. The van der Waals surface area contributed by atoms with Gasteiger partial charge in [0.25, 0.3) is 5.91 Å². The average molecular weight is 357 g/mol. The molecule has 0 fully saturated rings. The molecule has 6 nitrogen and oxygen atoms in total. The zero-order valence-electron chi connectivity index (χ0n) is 14.8. The van der Waals surface area contributed by atoms with Crippen molar-refractivity contribution in [3.05, 3.63) is 77.8 Å². The van der Waals surface area contributed by atoms with Crippen LogP contribution in [0.15, 0.2) is 60.9 Å². The van der Waals surface area contributed by atoms with Gasteiger partial charge in [0, 0.05) is 55.3 Å². The molecule has 4 heterocycles. The lowest BCUT2D eigenvalue weighted by molar-refractivity contribution is 0.0780. The molecule has 1 aromatic carbocycles. The van der Waals surface area contributed by atoms with Gasteiger partial charge in [0.15, 0.2) is 0 Å². The maximum absolute atomic E-state index is 12.8. The van der Waals surface area contributed by atoms with Crippen LogP contribution in [0.1, 0.15) is 21.6 Å². The maximum Gasteiger partial charge on any atom is 0.254 e. The van der Waals surface area contributed by atoms with Crippen molar-refractivity contribution in [1.82, 2.24) is 20.3 Å². The summed E-state index contributed by atoms with van der Waals surface area (Å²) in [4.78, 5) is 23.7. The summed E-state index contributed by atoms with van der Waals surface area (Å²) in [5.41, 5.74) is 8.96. The van der Waals surface area contributed by atoms with Crippen LogP contribution in [0.25, 0.3) is 11.0 Å². The fourth-order valence-electron chi connectivity index (χ4n) is 3.70. The van der Waals surface area contributed by atoms with Crippen molar-refractivity contribution in [2.24, 2.45) is 0 Å². The number of nitrogens with one attached hydrogen (secondary N) is 1. The molecular weight excluding hydrogens is 338 g/mol. The van der Waals surface area contributed by atoms with E-state index < -0.39 is 0 Å². The number of fused-ring (bicyclic) bond motifs is 2. The third-order valence-electron chi connectivity index (χ3n) is 5.06. The molecule has 2 aromatic heterocycles. The molecule has 0 radical (unpaired) electrons. The number of nitrogens with zero attached hydrogens (tertiary/aromatic N) is 4. The van der Waals surface area contributed by atoms with E-state index in [0.717, 1.165) is 46.5 Å². The predicted molar refractivity (Wildman–Crippen MR) is 104 cm³/mol. The second kappa shape index (κ2) is 6.48. The van der Waals surface area contributed by atoms with Crippen LogP contribution in [0.3, 0.4) is 0 Å². The molecule has 3 aromatic rings. The number of rotatable bonds is 4. The molecule has 2 aliphatic heterocycles. The number of pyridine rings is 2. The summed E-state index contributed by atoms with van der Waals surface area (Å²) in [6.45, 7) is 2.09. The van der Waals surface area contributed by atoms with Crippen molar-refractivity contribution >= 4 is 22.6 Å². The number of hydrogen-bond acceptors (Lipinski definition) is 5. The number of carbonyl (C=O) groups excluding carboxylic acids is 1. The van der Waals surface area contributed by atoms with Crippen LogP contribution in [0.4, 0.5) is 5.69 Å². The Morgan fingerprint density at radius 1 is 1.07 bits per heavy atom. The summed E-state index contributed by atoms with van der Waals surface area (Å²) >= 11 is 0. The number of hydrazine groups is 1. The zero-order valence-corrected chi connectivity index (χ0v) is 14.8. The van der Waals surface area contributed by atoms with E-state index in [9.17, 15) is 4.79 Å². The zero-order chi connectivity index (χ0) is 18.2. The van der Waals surface area contributed by atoms with Crippen LogP contribution in [-0.2, 0) is 13.0 Å². The molecule has 1 amide bonds. The van der Waals surface area contributed by atoms with Crippen LogP contribution in [0, 0.1) is 0 Å². The van der Waals surface area contributed by atoms with E-state index >= 15 is 0 Å². The summed E-state index contributed by atoms with van der Waals surface area (Å²) in [5, 5.41) is 1.99. The monoisotopic (exact) mass is 357 g/mol. The molecule has 0 spiro atoms. The van der Waals surface area contributed by atoms with Gasteiger partial charge in [0.2, 0.25) is 0 Å². The fraction of sp³-hybridized carbons (Fsp3) is 0.190. The first-order valence-corrected chi connectivity index (χ1v) is 9.11. The highest BCUT2D eigenvalue weighted by molar-refractivity contribution is 6.00. The highest BCUT2D eigenvalue weighted by atomic mass is 16.2. The number of carbonyl (C=O) groups is 1. The van der Waals surface area contributed by atoms with Crippen LogP contribution >= 0.6 is 0 Å². The van der Waals surface area contributed by atoms with Crippen LogP contribution < -0.4 is 10.4 Å². The summed E-state index contributed by atoms with van der Waals surface area (Å²) in [6.07, 6.45) is 6.57. The quantitative estimate of drug-likeness (QED) is 0.778. The van der Waals surface area contributed by atoms with Gasteiger partial charge in [-0.1, -0.05) is 12.1 Å². The third kappa shape index (κ3) is 2.84. The van der Waals surface area contributed by atoms with E-state index in [-0.39, 0.29) is 5.91 Å². The molecule has 0 saturated carbocycles. The normalized spacial score (nSPS) is 15.8. The molecule has 0 saturated heterocycles. The Balaban J connectivity index is 1.34. The Hall–Kier alpha value is -3.25. The van der Waals surface area contributed by atoms with Crippen molar-refractivity contribution in [1.29, 1.82) is 0 Å². The van der Waals surface area contributed by atoms with Gasteiger partial charge in [0.1, 0.15) is 0 Å². The van der Waals surface area contributed by atoms with Gasteiger partial charge in [-0.3, -0.25) is 19.8 Å². The minimum Gasteiger partial charge on any atom is -0.334 e. The van der Waals surface area contributed by atoms with Crippen molar-refractivity contribution in [2.45, 2.75) is 13.0 Å². The van der Waals surface area contributed by atoms with E-state index in [1.807, 2.05) is 52.5 Å². The molecule has 134 valence electrons. The minimum atomic E-state index is 0.0949. The fourth-order valence-corrected chi connectivity index (χ4v) is 3.70. The lowest BCUT2D eigenvalue weighted by Gasteiger charge is -2.19. The van der Waals surface area contributed by atoms with Crippen LogP contribution in [0.5, 0.6) is 0 Å². The Morgan fingerprint density at radius 2 is 2.04 bits per heavy atom. The van der Waals surface area contributed by atoms with Gasteiger partial charge in [-0.15, -0.1) is 0 Å². The Labute approximate surface area is 157 Å². The molecule has 6 heteroatoms. The van der Waals surface area contributed by atoms with E-state index in [1.165, 1.54) is 0 Å². The predicted octanol–water partition coefficient (Wildman–Crippen LogP) is 2.67. The van der Waals surface area contributed by atoms with Gasteiger partial charge < -0.3 is 4.90 Å². The highest BCUT2D eigenvalue weighted by Gasteiger charge is 2.30. The maximum atomic E-state index is 12.8. The van der Waals surface area contributed by atoms with E-state index in [2.05, 4.69) is 27.5 Å². The number of anilines is 1. The first-order chi connectivity index (χ1) is 13.3. The SMILES string of the molecule is O=C1c2cccc(N3C=CCN3)c2CN1CCc1ccc2ncccc2n1. The molecule has 0 atom stereocenters. The largest absolute Gasteiger partial charge is 0.334 e. The lowest BCUT2D eigenvalue weighted by atomic mass is 10.1. The molecule has 5 rings (SSSR count). The highest BCUT2D eigenvalue weighted by Crippen LogP contribution is 2.32. The lowest BCUT2D eigenvalue weighted by Crippen LogP contribution is -2.29. The smallest absolute Gasteiger partial charge is 0.254 e. The van der Waals surface area contributed by atoms with Crippen molar-refractivity contribution < 1.29 is 4.79 Å². The van der Waals surface area contributed by atoms with E-state index in [4.69, 9.17) is 0 Å². The number of benzene rings is 1. The molecule has 0 aliphatic carbocycles. The summed E-state index contributed by atoms with van der Waals surface area (Å²) < 4.78 is 0. The minimum absolute atomic E-state index is 0.0949. The van der Waals surface area contributed by atoms with Crippen LogP contribution in [0.2, 0.25) is 0 Å². The summed E-state index contributed by atoms with van der Waals surface area (Å²) in [6, 6.07) is 13.8. The summed E-state index contributed by atoms with van der Waals surface area (Å²) in [7, 11) is 0. The van der Waals surface area contributed by atoms with Gasteiger partial charge >= 0.3 is 0 Å². The van der Waals surface area contributed by atoms with Crippen molar-refractivity contribution in [3.8, 4) is 0 Å². The van der Waals surface area contributed by atoms with Gasteiger partial charge in [-0.2, -0.15) is 0 Å². The topological polar surface area (TPSA) is 61.4 Å². The second-order valence-electron chi connectivity index (χ2n) is 6.74. The van der Waals surface area contributed by atoms with Crippen molar-refractivity contribution in [3.63, 3.8) is 0 Å². The molecule has 1 N–H and O–H groups in total. The Kier molecular flexibility index (Phi) is 3.83. The molecular formula is C21H19N5O. The van der Waals surface area contributed by atoms with Gasteiger partial charge in [0.05, 0.1) is 16.7 Å². The number of aromatic nitrogens is 2.